The quantitative estimate of drug-likeness (QED) is 0.900. The first-order valence-corrected chi connectivity index (χ1v) is 6.72. The summed E-state index contributed by atoms with van der Waals surface area (Å²) in [5.74, 6) is 0.498. The highest BCUT2D eigenvalue weighted by Crippen LogP contribution is 2.55. The Morgan fingerprint density at radius 2 is 2.06 bits per heavy atom. The van der Waals surface area contributed by atoms with E-state index in [1.54, 1.807) is 12.3 Å². The summed E-state index contributed by atoms with van der Waals surface area (Å²) in [6, 6.07) is 3.56. The molecule has 0 atom stereocenters. The summed E-state index contributed by atoms with van der Waals surface area (Å²) in [6.45, 7) is 6.23. The molecule has 0 aromatic carbocycles. The molecule has 98 valence electrons. The Bertz CT molecular complexity index is 461. The lowest BCUT2D eigenvalue weighted by Crippen LogP contribution is -2.50. The number of amides is 1. The van der Waals surface area contributed by atoms with E-state index >= 15 is 0 Å². The second-order valence-corrected chi connectivity index (χ2v) is 6.65. The normalized spacial score (nSPS) is 17.3. The molecule has 2 rings (SSSR count). The monoisotopic (exact) mass is 312 g/mol. The highest BCUT2D eigenvalue weighted by atomic mass is 79.9. The number of halogens is 1. The molecular weight excluding hydrogens is 296 g/mol. The molecule has 0 aliphatic heterocycles. The summed E-state index contributed by atoms with van der Waals surface area (Å²) >= 11 is 3.31. The number of nitrogens with zero attached hydrogens (tertiary/aromatic N) is 2. The van der Waals surface area contributed by atoms with Gasteiger partial charge in [-0.3, -0.25) is 4.90 Å². The largest absolute Gasteiger partial charge is 0.465 e. The van der Waals surface area contributed by atoms with Crippen LogP contribution in [0.15, 0.2) is 22.8 Å². The molecule has 1 aliphatic carbocycles. The zero-order valence-electron chi connectivity index (χ0n) is 10.8. The summed E-state index contributed by atoms with van der Waals surface area (Å²) in [5, 5.41) is 9.51. The number of carboxylic acid groups (broad SMARTS) is 1. The van der Waals surface area contributed by atoms with E-state index in [0.29, 0.717) is 5.82 Å². The Morgan fingerprint density at radius 1 is 1.44 bits per heavy atom. The van der Waals surface area contributed by atoms with Crippen LogP contribution in [0.1, 0.15) is 33.6 Å². The van der Waals surface area contributed by atoms with Gasteiger partial charge in [-0.05, 0) is 46.3 Å². The summed E-state index contributed by atoms with van der Waals surface area (Å²) in [6.07, 6.45) is 2.47. The molecule has 5 heteroatoms. The molecule has 0 radical (unpaired) electrons. The van der Waals surface area contributed by atoms with E-state index < -0.39 is 6.09 Å². The molecule has 1 saturated carbocycles. The second-order valence-electron chi connectivity index (χ2n) is 5.73. The van der Waals surface area contributed by atoms with Crippen LogP contribution in [-0.2, 0) is 0 Å². The van der Waals surface area contributed by atoms with E-state index in [1.165, 1.54) is 4.90 Å². The number of anilines is 1. The lowest BCUT2D eigenvalue weighted by Gasteiger charge is -2.38. The van der Waals surface area contributed by atoms with Gasteiger partial charge >= 0.3 is 6.09 Å². The average Bonchev–Trinajstić information content (AvgIpc) is 3.01. The Hall–Kier alpha value is -1.10. The molecule has 1 aromatic heterocycles. The first-order chi connectivity index (χ1) is 8.28. The molecule has 1 amide bonds. The highest BCUT2D eigenvalue weighted by molar-refractivity contribution is 9.10. The van der Waals surface area contributed by atoms with Crippen molar-refractivity contribution in [2.45, 2.75) is 39.2 Å². The van der Waals surface area contributed by atoms with Gasteiger partial charge in [-0.2, -0.15) is 0 Å². The molecule has 0 bridgehead atoms. The molecule has 0 unspecified atom stereocenters. The van der Waals surface area contributed by atoms with E-state index in [-0.39, 0.29) is 11.0 Å². The Kier molecular flexibility index (Phi) is 3.13. The number of pyridine rings is 1. The number of hydrogen-bond donors (Lipinski definition) is 1. The molecule has 1 fully saturated rings. The lowest BCUT2D eigenvalue weighted by molar-refractivity contribution is 0.185. The Labute approximate surface area is 115 Å². The van der Waals surface area contributed by atoms with Gasteiger partial charge in [-0.1, -0.05) is 20.8 Å². The minimum absolute atomic E-state index is 0.0971. The standard InChI is InChI=1S/C13H17BrN2O2/c1-12(2,3)13(6-7-13)16(11(17)18)10-5-4-9(14)8-15-10/h4-5,8H,6-7H2,1-3H3,(H,17,18). The Morgan fingerprint density at radius 3 is 2.39 bits per heavy atom. The number of hydrogen-bond acceptors (Lipinski definition) is 2. The third-order valence-electron chi connectivity index (χ3n) is 3.68. The number of aromatic nitrogens is 1. The molecule has 0 saturated heterocycles. The van der Waals surface area contributed by atoms with Crippen molar-refractivity contribution in [1.29, 1.82) is 0 Å². The molecule has 1 N–H and O–H groups in total. The van der Waals surface area contributed by atoms with E-state index in [2.05, 4.69) is 41.7 Å². The maximum atomic E-state index is 11.6. The van der Waals surface area contributed by atoms with Crippen molar-refractivity contribution in [3.8, 4) is 0 Å². The lowest BCUT2D eigenvalue weighted by atomic mass is 9.83. The average molecular weight is 313 g/mol. The van der Waals surface area contributed by atoms with Crippen LogP contribution in [0, 0.1) is 5.41 Å². The predicted octanol–water partition coefficient (Wildman–Crippen LogP) is 3.91. The smallest absolute Gasteiger partial charge is 0.413 e. The van der Waals surface area contributed by atoms with Crippen LogP contribution in [0.25, 0.3) is 0 Å². The van der Waals surface area contributed by atoms with Gasteiger partial charge in [0.1, 0.15) is 5.82 Å². The fourth-order valence-electron chi connectivity index (χ4n) is 2.43. The zero-order valence-corrected chi connectivity index (χ0v) is 12.4. The molecule has 18 heavy (non-hydrogen) atoms. The minimum Gasteiger partial charge on any atom is -0.465 e. The van der Waals surface area contributed by atoms with Crippen molar-refractivity contribution in [3.05, 3.63) is 22.8 Å². The van der Waals surface area contributed by atoms with Gasteiger partial charge in [0, 0.05) is 10.7 Å². The van der Waals surface area contributed by atoms with Gasteiger partial charge in [0.05, 0.1) is 5.54 Å². The molecular formula is C13H17BrN2O2. The van der Waals surface area contributed by atoms with Gasteiger partial charge in [0.2, 0.25) is 0 Å². The molecule has 4 nitrogen and oxygen atoms in total. The van der Waals surface area contributed by atoms with Crippen molar-refractivity contribution in [1.82, 2.24) is 4.98 Å². The predicted molar refractivity (Wildman–Crippen MR) is 73.9 cm³/mol. The van der Waals surface area contributed by atoms with Crippen molar-refractivity contribution in [2.75, 3.05) is 4.90 Å². The van der Waals surface area contributed by atoms with Gasteiger partial charge < -0.3 is 5.11 Å². The summed E-state index contributed by atoms with van der Waals surface area (Å²) in [7, 11) is 0. The summed E-state index contributed by atoms with van der Waals surface area (Å²) in [5.41, 5.74) is -0.417. The SMILES string of the molecule is CC(C)(C)C1(N(C(=O)O)c2ccc(Br)cn2)CC1. The van der Waals surface area contributed by atoms with Gasteiger partial charge in [-0.25, -0.2) is 9.78 Å². The summed E-state index contributed by atoms with van der Waals surface area (Å²) < 4.78 is 0.845. The molecule has 1 aliphatic rings. The van der Waals surface area contributed by atoms with Gasteiger partial charge in [-0.15, -0.1) is 0 Å². The third kappa shape index (κ3) is 2.11. The fourth-order valence-corrected chi connectivity index (χ4v) is 2.66. The summed E-state index contributed by atoms with van der Waals surface area (Å²) in [4.78, 5) is 17.2. The van der Waals surface area contributed by atoms with Crippen molar-refractivity contribution in [3.63, 3.8) is 0 Å². The van der Waals surface area contributed by atoms with E-state index in [9.17, 15) is 9.90 Å². The number of carbonyl (C=O) groups is 1. The first-order valence-electron chi connectivity index (χ1n) is 5.93. The van der Waals surface area contributed by atoms with Crippen LogP contribution in [0.5, 0.6) is 0 Å². The van der Waals surface area contributed by atoms with Crippen LogP contribution < -0.4 is 4.90 Å². The van der Waals surface area contributed by atoms with Gasteiger partial charge in [0.15, 0.2) is 0 Å². The minimum atomic E-state index is -0.933. The fraction of sp³-hybridized carbons (Fsp3) is 0.538. The maximum Gasteiger partial charge on any atom is 0.413 e. The molecule has 1 heterocycles. The number of rotatable bonds is 2. The van der Waals surface area contributed by atoms with Crippen molar-refractivity contribution in [2.24, 2.45) is 5.41 Å². The molecule has 1 aromatic rings. The third-order valence-corrected chi connectivity index (χ3v) is 4.15. The van der Waals surface area contributed by atoms with Crippen LogP contribution in [0.4, 0.5) is 10.6 Å². The van der Waals surface area contributed by atoms with Crippen LogP contribution >= 0.6 is 15.9 Å². The van der Waals surface area contributed by atoms with Crippen LogP contribution in [0.3, 0.4) is 0 Å². The highest BCUT2D eigenvalue weighted by Gasteiger charge is 2.59. The van der Waals surface area contributed by atoms with E-state index in [1.807, 2.05) is 6.07 Å². The van der Waals surface area contributed by atoms with Crippen LogP contribution in [0.2, 0.25) is 0 Å². The van der Waals surface area contributed by atoms with E-state index in [4.69, 9.17) is 0 Å². The van der Waals surface area contributed by atoms with E-state index in [0.717, 1.165) is 17.3 Å². The topological polar surface area (TPSA) is 53.4 Å². The van der Waals surface area contributed by atoms with Crippen molar-refractivity contribution < 1.29 is 9.90 Å². The maximum absolute atomic E-state index is 11.6. The van der Waals surface area contributed by atoms with Crippen molar-refractivity contribution >= 4 is 27.8 Å². The Balaban J connectivity index is 2.42. The second kappa shape index (κ2) is 4.23. The van der Waals surface area contributed by atoms with Crippen LogP contribution in [-0.4, -0.2) is 21.7 Å². The first kappa shape index (κ1) is 13.3. The van der Waals surface area contributed by atoms with Gasteiger partial charge in [0.25, 0.3) is 0 Å². The zero-order chi connectivity index (χ0) is 13.6. The molecule has 0 spiro atoms.